The van der Waals surface area contributed by atoms with Gasteiger partial charge < -0.3 is 19.8 Å². The van der Waals surface area contributed by atoms with Crippen molar-refractivity contribution in [3.05, 3.63) is 46.7 Å². The van der Waals surface area contributed by atoms with Gasteiger partial charge in [0, 0.05) is 21.6 Å². The zero-order chi connectivity index (χ0) is 18.3. The maximum Gasteiger partial charge on any atom is 0.162 e. The van der Waals surface area contributed by atoms with Gasteiger partial charge in [0.15, 0.2) is 17.3 Å². The van der Waals surface area contributed by atoms with Crippen molar-refractivity contribution in [2.45, 2.75) is 6.92 Å². The van der Waals surface area contributed by atoms with Crippen molar-refractivity contribution in [1.29, 1.82) is 0 Å². The molecule has 0 saturated heterocycles. The van der Waals surface area contributed by atoms with Gasteiger partial charge in [0.1, 0.15) is 17.4 Å². The van der Waals surface area contributed by atoms with E-state index in [2.05, 4.69) is 42.3 Å². The molecule has 0 spiro atoms. The van der Waals surface area contributed by atoms with Crippen LogP contribution in [0.5, 0.6) is 11.5 Å². The molecule has 7 heteroatoms. The molecular formula is C19H17BrN4O2. The Kier molecular flexibility index (Phi) is 4.16. The molecule has 0 aliphatic carbocycles. The van der Waals surface area contributed by atoms with Crippen molar-refractivity contribution in [2.24, 2.45) is 0 Å². The van der Waals surface area contributed by atoms with Crippen molar-refractivity contribution in [3.8, 4) is 11.5 Å². The van der Waals surface area contributed by atoms with Crippen molar-refractivity contribution in [1.82, 2.24) is 15.0 Å². The highest BCUT2D eigenvalue weighted by atomic mass is 79.9. The molecular weight excluding hydrogens is 396 g/mol. The Morgan fingerprint density at radius 1 is 1.04 bits per heavy atom. The van der Waals surface area contributed by atoms with E-state index in [0.29, 0.717) is 11.5 Å². The number of methoxy groups -OCH3 is 2. The number of aromatic nitrogens is 3. The molecule has 0 saturated carbocycles. The first-order chi connectivity index (χ1) is 12.6. The first-order valence-electron chi connectivity index (χ1n) is 8.02. The van der Waals surface area contributed by atoms with Crippen molar-refractivity contribution >= 4 is 49.4 Å². The van der Waals surface area contributed by atoms with Crippen LogP contribution in [0.2, 0.25) is 0 Å². The third-order valence-electron chi connectivity index (χ3n) is 4.33. The molecule has 0 aliphatic heterocycles. The van der Waals surface area contributed by atoms with Gasteiger partial charge in [-0.15, -0.1) is 0 Å². The van der Waals surface area contributed by atoms with Crippen LogP contribution >= 0.6 is 15.9 Å². The summed E-state index contributed by atoms with van der Waals surface area (Å²) in [4.78, 5) is 12.3. The zero-order valence-electron chi connectivity index (χ0n) is 14.6. The Labute approximate surface area is 158 Å². The second kappa shape index (κ2) is 6.49. The van der Waals surface area contributed by atoms with Crippen LogP contribution in [0.1, 0.15) is 5.56 Å². The van der Waals surface area contributed by atoms with Gasteiger partial charge in [-0.25, -0.2) is 9.97 Å². The van der Waals surface area contributed by atoms with Crippen LogP contribution in [0.25, 0.3) is 21.9 Å². The number of rotatable bonds is 4. The van der Waals surface area contributed by atoms with E-state index in [4.69, 9.17) is 9.47 Å². The fraction of sp³-hybridized carbons (Fsp3) is 0.158. The minimum atomic E-state index is 0.665. The first-order valence-corrected chi connectivity index (χ1v) is 8.81. The molecule has 2 heterocycles. The molecule has 4 rings (SSSR count). The summed E-state index contributed by atoms with van der Waals surface area (Å²) in [6.07, 6.45) is 1.56. The van der Waals surface area contributed by atoms with E-state index in [-0.39, 0.29) is 0 Å². The van der Waals surface area contributed by atoms with E-state index in [1.165, 1.54) is 0 Å². The van der Waals surface area contributed by atoms with E-state index in [9.17, 15) is 0 Å². The van der Waals surface area contributed by atoms with Crippen LogP contribution in [0.3, 0.4) is 0 Å². The second-order valence-electron chi connectivity index (χ2n) is 5.91. The summed E-state index contributed by atoms with van der Waals surface area (Å²) in [7, 11) is 3.24. The molecule has 6 nitrogen and oxygen atoms in total. The number of halogens is 1. The van der Waals surface area contributed by atoms with Crippen LogP contribution in [0.15, 0.2) is 41.1 Å². The summed E-state index contributed by atoms with van der Waals surface area (Å²) >= 11 is 3.49. The average Bonchev–Trinajstić information content (AvgIpc) is 3.01. The molecule has 0 radical (unpaired) electrons. The summed E-state index contributed by atoms with van der Waals surface area (Å²) in [5.74, 6) is 2.05. The van der Waals surface area contributed by atoms with E-state index in [1.54, 1.807) is 20.5 Å². The quantitative estimate of drug-likeness (QED) is 0.496. The van der Waals surface area contributed by atoms with Crippen LogP contribution < -0.4 is 14.8 Å². The molecule has 0 atom stereocenters. The molecule has 0 bridgehead atoms. The maximum atomic E-state index is 5.41. The largest absolute Gasteiger partial charge is 0.493 e. The van der Waals surface area contributed by atoms with Gasteiger partial charge in [-0.3, -0.25) is 0 Å². The summed E-state index contributed by atoms with van der Waals surface area (Å²) in [5, 5.41) is 4.35. The topological polar surface area (TPSA) is 72.1 Å². The minimum Gasteiger partial charge on any atom is -0.493 e. The van der Waals surface area contributed by atoms with Gasteiger partial charge in [-0.1, -0.05) is 15.9 Å². The lowest BCUT2D eigenvalue weighted by Gasteiger charge is -2.09. The van der Waals surface area contributed by atoms with Gasteiger partial charge in [-0.2, -0.15) is 0 Å². The van der Waals surface area contributed by atoms with Crippen LogP contribution in [-0.4, -0.2) is 29.2 Å². The highest BCUT2D eigenvalue weighted by Crippen LogP contribution is 2.36. The molecule has 2 aromatic carbocycles. The third-order valence-corrected chi connectivity index (χ3v) is 4.82. The zero-order valence-corrected chi connectivity index (χ0v) is 16.1. The number of H-pyrrole nitrogens is 1. The average molecular weight is 413 g/mol. The third kappa shape index (κ3) is 2.74. The molecule has 0 unspecified atom stereocenters. The molecule has 132 valence electrons. The van der Waals surface area contributed by atoms with Crippen LogP contribution in [0, 0.1) is 6.92 Å². The number of aromatic amines is 1. The second-order valence-corrected chi connectivity index (χ2v) is 6.82. The number of hydrogen-bond donors (Lipinski definition) is 2. The SMILES string of the molecule is COc1cc2[nH]c3c(Nc4ccc(Br)cc4C)ncnc3c2cc1OC. The van der Waals surface area contributed by atoms with Gasteiger partial charge in [0.05, 0.1) is 19.7 Å². The normalized spacial score (nSPS) is 11.1. The van der Waals surface area contributed by atoms with E-state index in [0.717, 1.165) is 43.5 Å². The van der Waals surface area contributed by atoms with Crippen molar-refractivity contribution in [2.75, 3.05) is 19.5 Å². The number of nitrogens with zero attached hydrogens (tertiary/aromatic N) is 2. The predicted octanol–water partition coefficient (Wildman–Crippen LogP) is 4.94. The molecule has 0 amide bonds. The molecule has 2 aromatic heterocycles. The van der Waals surface area contributed by atoms with E-state index < -0.39 is 0 Å². The lowest BCUT2D eigenvalue weighted by molar-refractivity contribution is 0.356. The van der Waals surface area contributed by atoms with E-state index >= 15 is 0 Å². The highest BCUT2D eigenvalue weighted by molar-refractivity contribution is 9.10. The fourth-order valence-electron chi connectivity index (χ4n) is 3.01. The lowest BCUT2D eigenvalue weighted by atomic mass is 10.2. The summed E-state index contributed by atoms with van der Waals surface area (Å²) < 4.78 is 11.8. The summed E-state index contributed by atoms with van der Waals surface area (Å²) in [6, 6.07) is 9.90. The number of fused-ring (bicyclic) bond motifs is 3. The van der Waals surface area contributed by atoms with Crippen molar-refractivity contribution < 1.29 is 9.47 Å². The minimum absolute atomic E-state index is 0.665. The summed E-state index contributed by atoms with van der Waals surface area (Å²) in [6.45, 7) is 2.05. The Bertz CT molecular complexity index is 1120. The predicted molar refractivity (Wildman–Crippen MR) is 107 cm³/mol. The van der Waals surface area contributed by atoms with Gasteiger partial charge in [-0.05, 0) is 36.8 Å². The lowest BCUT2D eigenvalue weighted by Crippen LogP contribution is -1.97. The maximum absolute atomic E-state index is 5.41. The Balaban J connectivity index is 1.88. The smallest absolute Gasteiger partial charge is 0.162 e. The Hall–Kier alpha value is -2.80. The van der Waals surface area contributed by atoms with Gasteiger partial charge in [0.25, 0.3) is 0 Å². The van der Waals surface area contributed by atoms with Crippen molar-refractivity contribution in [3.63, 3.8) is 0 Å². The van der Waals surface area contributed by atoms with Gasteiger partial charge in [0.2, 0.25) is 0 Å². The summed E-state index contributed by atoms with van der Waals surface area (Å²) in [5.41, 5.74) is 4.68. The monoisotopic (exact) mass is 412 g/mol. The van der Waals surface area contributed by atoms with Crippen LogP contribution in [0.4, 0.5) is 11.5 Å². The highest BCUT2D eigenvalue weighted by Gasteiger charge is 2.15. The number of aryl methyl sites for hydroxylation is 1. The molecule has 4 aromatic rings. The standard InChI is InChI=1S/C19H17BrN4O2/c1-10-6-11(20)4-5-13(10)24-19-18-17(21-9-22-19)12-7-15(25-2)16(26-3)8-14(12)23-18/h4-9,23H,1-3H3,(H,21,22,24). The number of ether oxygens (including phenoxy) is 2. The number of benzene rings is 2. The number of hydrogen-bond acceptors (Lipinski definition) is 5. The molecule has 2 N–H and O–H groups in total. The first kappa shape index (κ1) is 16.7. The Morgan fingerprint density at radius 2 is 1.81 bits per heavy atom. The number of anilines is 2. The fourth-order valence-corrected chi connectivity index (χ4v) is 3.49. The van der Waals surface area contributed by atoms with Gasteiger partial charge >= 0.3 is 0 Å². The molecule has 26 heavy (non-hydrogen) atoms. The van der Waals surface area contributed by atoms with E-state index in [1.807, 2.05) is 31.2 Å². The molecule has 0 aliphatic rings. The van der Waals surface area contributed by atoms with Crippen LogP contribution in [-0.2, 0) is 0 Å². The Morgan fingerprint density at radius 3 is 2.54 bits per heavy atom. The molecule has 0 fully saturated rings. The number of nitrogens with one attached hydrogen (secondary N) is 2.